The molecule has 0 saturated heterocycles. The van der Waals surface area contributed by atoms with E-state index in [1.165, 1.54) is 51.4 Å². The van der Waals surface area contributed by atoms with Crippen LogP contribution in [0.25, 0.3) is 0 Å². The van der Waals surface area contributed by atoms with Crippen LogP contribution in [0.15, 0.2) is 30.3 Å². The van der Waals surface area contributed by atoms with Gasteiger partial charge in [-0.15, -0.1) is 0 Å². The smallest absolute Gasteiger partial charge is 0.325 e. The van der Waals surface area contributed by atoms with Crippen LogP contribution in [0, 0.1) is 0 Å². The molecule has 0 aliphatic carbocycles. The molecule has 1 aromatic carbocycles. The molecule has 1 rings (SSSR count). The first-order valence-electron chi connectivity index (χ1n) is 9.24. The maximum absolute atomic E-state index is 12.1. The molecule has 0 aromatic heterocycles. The topological polar surface area (TPSA) is 29.5 Å². The number of carbonyl (C=O) groups is 1. The molecule has 1 aromatic rings. The predicted molar refractivity (Wildman–Crippen MR) is 96.8 cm³/mol. The standard InChI is InChI=1S/C20H33NO2/c1-3-5-7-12-16-21(17-13-8-6-4-2)18-20(22)23-19-14-10-9-11-15-19/h9-11,14-15H,3-8,12-13,16-18H2,1-2H3. The van der Waals surface area contributed by atoms with Crippen molar-refractivity contribution in [2.75, 3.05) is 19.6 Å². The zero-order valence-electron chi connectivity index (χ0n) is 14.9. The van der Waals surface area contributed by atoms with Gasteiger partial charge in [-0.1, -0.05) is 70.6 Å². The van der Waals surface area contributed by atoms with Crippen molar-refractivity contribution in [1.82, 2.24) is 4.90 Å². The normalized spacial score (nSPS) is 10.9. The average molecular weight is 319 g/mol. The van der Waals surface area contributed by atoms with Crippen molar-refractivity contribution in [2.24, 2.45) is 0 Å². The minimum absolute atomic E-state index is 0.151. The fourth-order valence-electron chi connectivity index (χ4n) is 2.63. The number of ether oxygens (including phenoxy) is 1. The number of unbranched alkanes of at least 4 members (excludes halogenated alkanes) is 6. The van der Waals surface area contributed by atoms with Crippen molar-refractivity contribution in [3.8, 4) is 5.75 Å². The molecule has 0 aliphatic heterocycles. The van der Waals surface area contributed by atoms with Crippen molar-refractivity contribution in [3.63, 3.8) is 0 Å². The van der Waals surface area contributed by atoms with Crippen molar-refractivity contribution in [3.05, 3.63) is 30.3 Å². The molecule has 0 heterocycles. The Morgan fingerprint density at radius 1 is 0.870 bits per heavy atom. The first-order chi connectivity index (χ1) is 11.3. The van der Waals surface area contributed by atoms with Gasteiger partial charge in [0.15, 0.2) is 0 Å². The second kappa shape index (κ2) is 13.1. The lowest BCUT2D eigenvalue weighted by molar-refractivity contribution is -0.135. The summed E-state index contributed by atoms with van der Waals surface area (Å²) in [6.07, 6.45) is 9.86. The second-order valence-electron chi connectivity index (χ2n) is 6.18. The zero-order chi connectivity index (χ0) is 16.8. The molecule has 0 fully saturated rings. The van der Waals surface area contributed by atoms with Crippen LogP contribution in [0.2, 0.25) is 0 Å². The number of carbonyl (C=O) groups excluding carboxylic acids is 1. The van der Waals surface area contributed by atoms with Gasteiger partial charge < -0.3 is 4.74 Å². The molecule has 3 nitrogen and oxygen atoms in total. The summed E-state index contributed by atoms with van der Waals surface area (Å²) in [5.41, 5.74) is 0. The van der Waals surface area contributed by atoms with Crippen molar-refractivity contribution in [2.45, 2.75) is 65.2 Å². The van der Waals surface area contributed by atoms with E-state index in [2.05, 4.69) is 18.7 Å². The Morgan fingerprint density at radius 3 is 1.96 bits per heavy atom. The van der Waals surface area contributed by atoms with Crippen molar-refractivity contribution < 1.29 is 9.53 Å². The molecule has 23 heavy (non-hydrogen) atoms. The second-order valence-corrected chi connectivity index (χ2v) is 6.18. The average Bonchev–Trinajstić information content (AvgIpc) is 2.56. The van der Waals surface area contributed by atoms with Gasteiger partial charge in [-0.2, -0.15) is 0 Å². The number of hydrogen-bond acceptors (Lipinski definition) is 3. The SMILES string of the molecule is CCCCCCN(CCCCCC)CC(=O)Oc1ccccc1. The van der Waals surface area contributed by atoms with E-state index in [9.17, 15) is 4.79 Å². The summed E-state index contributed by atoms with van der Waals surface area (Å²) in [5, 5.41) is 0. The highest BCUT2D eigenvalue weighted by molar-refractivity contribution is 5.74. The number of nitrogens with zero attached hydrogens (tertiary/aromatic N) is 1. The minimum atomic E-state index is -0.151. The van der Waals surface area contributed by atoms with E-state index < -0.39 is 0 Å². The van der Waals surface area contributed by atoms with E-state index in [0.29, 0.717) is 12.3 Å². The maximum Gasteiger partial charge on any atom is 0.325 e. The van der Waals surface area contributed by atoms with Crippen LogP contribution >= 0.6 is 0 Å². The van der Waals surface area contributed by atoms with Crippen LogP contribution in [0.1, 0.15) is 65.2 Å². The van der Waals surface area contributed by atoms with Gasteiger partial charge in [-0.25, -0.2) is 0 Å². The molecular weight excluding hydrogens is 286 g/mol. The van der Waals surface area contributed by atoms with Crippen LogP contribution in [0.3, 0.4) is 0 Å². The Bertz CT molecular complexity index is 393. The number of hydrogen-bond donors (Lipinski definition) is 0. The van der Waals surface area contributed by atoms with Gasteiger partial charge in [0, 0.05) is 0 Å². The molecule has 0 atom stereocenters. The number of para-hydroxylation sites is 1. The van der Waals surface area contributed by atoms with Gasteiger partial charge in [0.1, 0.15) is 5.75 Å². The van der Waals surface area contributed by atoms with Gasteiger partial charge in [-0.05, 0) is 38.1 Å². The first-order valence-corrected chi connectivity index (χ1v) is 9.24. The first kappa shape index (κ1) is 19.7. The lowest BCUT2D eigenvalue weighted by Crippen LogP contribution is -2.34. The lowest BCUT2D eigenvalue weighted by Gasteiger charge is -2.21. The minimum Gasteiger partial charge on any atom is -0.426 e. The summed E-state index contributed by atoms with van der Waals surface area (Å²) >= 11 is 0. The van der Waals surface area contributed by atoms with Crippen molar-refractivity contribution >= 4 is 5.97 Å². The highest BCUT2D eigenvalue weighted by Crippen LogP contribution is 2.10. The molecule has 0 unspecified atom stereocenters. The Kier molecular flexibility index (Phi) is 11.2. The van der Waals surface area contributed by atoms with Gasteiger partial charge in [0.05, 0.1) is 6.54 Å². The molecule has 0 spiro atoms. The maximum atomic E-state index is 12.1. The van der Waals surface area contributed by atoms with Gasteiger partial charge in [0.2, 0.25) is 0 Å². The van der Waals surface area contributed by atoms with E-state index >= 15 is 0 Å². The molecule has 0 bridgehead atoms. The Morgan fingerprint density at radius 2 is 1.43 bits per heavy atom. The van der Waals surface area contributed by atoms with E-state index in [4.69, 9.17) is 4.74 Å². The zero-order valence-corrected chi connectivity index (χ0v) is 14.9. The van der Waals surface area contributed by atoms with Gasteiger partial charge in [-0.3, -0.25) is 9.69 Å². The molecule has 0 saturated carbocycles. The fraction of sp³-hybridized carbons (Fsp3) is 0.650. The predicted octanol–water partition coefficient (Wildman–Crippen LogP) is 5.05. The monoisotopic (exact) mass is 319 g/mol. The van der Waals surface area contributed by atoms with E-state index in [1.54, 1.807) is 0 Å². The van der Waals surface area contributed by atoms with E-state index in [1.807, 2.05) is 30.3 Å². The van der Waals surface area contributed by atoms with Crippen LogP contribution < -0.4 is 4.74 Å². The number of rotatable bonds is 13. The van der Waals surface area contributed by atoms with Gasteiger partial charge >= 0.3 is 5.97 Å². The molecule has 0 aliphatic rings. The summed E-state index contributed by atoms with van der Waals surface area (Å²) in [7, 11) is 0. The quantitative estimate of drug-likeness (QED) is 0.289. The summed E-state index contributed by atoms with van der Waals surface area (Å²) in [6.45, 7) is 6.83. The molecule has 3 heteroatoms. The molecular formula is C20H33NO2. The largest absolute Gasteiger partial charge is 0.426 e. The number of esters is 1. The fourth-order valence-corrected chi connectivity index (χ4v) is 2.63. The lowest BCUT2D eigenvalue weighted by atomic mass is 10.1. The van der Waals surface area contributed by atoms with Crippen LogP contribution in [0.4, 0.5) is 0 Å². The summed E-state index contributed by atoms with van der Waals surface area (Å²) in [4.78, 5) is 14.4. The highest BCUT2D eigenvalue weighted by Gasteiger charge is 2.12. The van der Waals surface area contributed by atoms with Crippen LogP contribution in [-0.4, -0.2) is 30.5 Å². The summed E-state index contributed by atoms with van der Waals surface area (Å²) in [6, 6.07) is 9.34. The highest BCUT2D eigenvalue weighted by atomic mass is 16.5. The van der Waals surface area contributed by atoms with Gasteiger partial charge in [0.25, 0.3) is 0 Å². The third kappa shape index (κ3) is 10.1. The summed E-state index contributed by atoms with van der Waals surface area (Å²) in [5.74, 6) is 0.483. The van der Waals surface area contributed by atoms with Crippen molar-refractivity contribution in [1.29, 1.82) is 0 Å². The number of benzene rings is 1. The van der Waals surface area contributed by atoms with E-state index in [-0.39, 0.29) is 5.97 Å². The van der Waals surface area contributed by atoms with E-state index in [0.717, 1.165) is 13.1 Å². The molecule has 0 amide bonds. The third-order valence-corrected chi connectivity index (χ3v) is 3.98. The molecule has 0 radical (unpaired) electrons. The van der Waals surface area contributed by atoms with Crippen LogP contribution in [0.5, 0.6) is 5.75 Å². The Balaban J connectivity index is 2.37. The third-order valence-electron chi connectivity index (χ3n) is 3.98. The Hall–Kier alpha value is -1.35. The van der Waals surface area contributed by atoms with Crippen LogP contribution in [-0.2, 0) is 4.79 Å². The summed E-state index contributed by atoms with van der Waals surface area (Å²) < 4.78 is 5.42. The molecule has 130 valence electrons. The Labute approximate surface area is 142 Å². The molecule has 0 N–H and O–H groups in total.